The molecule has 0 atom stereocenters. The molecule has 0 fully saturated rings. The van der Waals surface area contributed by atoms with Gasteiger partial charge >= 0.3 is 0 Å². The Hall–Kier alpha value is -1.94. The molecule has 11 heavy (non-hydrogen) atoms. The number of hydrogen-bond acceptors (Lipinski definition) is 4. The average molecular weight is 144 g/mol. The van der Waals surface area contributed by atoms with Crippen LogP contribution in [-0.2, 0) is 0 Å². The summed E-state index contributed by atoms with van der Waals surface area (Å²) in [7, 11) is 0. The summed E-state index contributed by atoms with van der Waals surface area (Å²) < 4.78 is 0. The van der Waals surface area contributed by atoms with Gasteiger partial charge in [-0.3, -0.25) is 0 Å². The standard InChI is InChI=1S/C7H4N4/c8-4-6(5-9)7-2-1-3-10-11-7/h1-3,6H. The smallest absolute Gasteiger partial charge is 0.176 e. The van der Waals surface area contributed by atoms with E-state index in [1.807, 2.05) is 0 Å². The summed E-state index contributed by atoms with van der Waals surface area (Å²) in [5.41, 5.74) is 0.400. The molecule has 1 heterocycles. The van der Waals surface area contributed by atoms with E-state index in [2.05, 4.69) is 10.2 Å². The highest BCUT2D eigenvalue weighted by Gasteiger charge is 2.09. The lowest BCUT2D eigenvalue weighted by Crippen LogP contribution is -1.96. The fourth-order valence-electron chi connectivity index (χ4n) is 0.629. The molecule has 1 aromatic heterocycles. The fraction of sp³-hybridized carbons (Fsp3) is 0.143. The highest BCUT2D eigenvalue weighted by Crippen LogP contribution is 2.07. The van der Waals surface area contributed by atoms with Gasteiger partial charge in [0.05, 0.1) is 17.8 Å². The Labute approximate surface area is 63.7 Å². The predicted octanol–water partition coefficient (Wildman–Crippen LogP) is 0.607. The molecule has 4 heteroatoms. The quantitative estimate of drug-likeness (QED) is 0.578. The molecule has 0 unspecified atom stereocenters. The molecular formula is C7H4N4. The Morgan fingerprint density at radius 2 is 2.09 bits per heavy atom. The Bertz CT molecular complexity index is 291. The zero-order valence-electron chi connectivity index (χ0n) is 5.60. The van der Waals surface area contributed by atoms with Gasteiger partial charge in [0.1, 0.15) is 0 Å². The normalized spacial score (nSPS) is 8.64. The number of rotatable bonds is 1. The molecule has 4 nitrogen and oxygen atoms in total. The lowest BCUT2D eigenvalue weighted by Gasteiger charge is -1.94. The monoisotopic (exact) mass is 144 g/mol. The molecule has 0 aromatic carbocycles. The van der Waals surface area contributed by atoms with Crippen molar-refractivity contribution in [1.29, 1.82) is 10.5 Å². The second-order valence-electron chi connectivity index (χ2n) is 1.84. The van der Waals surface area contributed by atoms with Gasteiger partial charge in [-0.25, -0.2) is 0 Å². The molecule has 0 N–H and O–H groups in total. The largest absolute Gasteiger partial charge is 0.196 e. The first-order chi connectivity index (χ1) is 5.38. The molecule has 1 rings (SSSR count). The van der Waals surface area contributed by atoms with Crippen molar-refractivity contribution in [2.45, 2.75) is 5.92 Å². The van der Waals surface area contributed by atoms with E-state index in [4.69, 9.17) is 10.5 Å². The molecule has 0 saturated carbocycles. The third-order valence-corrected chi connectivity index (χ3v) is 1.15. The average Bonchev–Trinajstić information content (AvgIpc) is 2.09. The molecule has 0 radical (unpaired) electrons. The van der Waals surface area contributed by atoms with Crippen LogP contribution in [0.5, 0.6) is 0 Å². The van der Waals surface area contributed by atoms with E-state index in [9.17, 15) is 0 Å². The Morgan fingerprint density at radius 1 is 1.36 bits per heavy atom. The van der Waals surface area contributed by atoms with Gasteiger partial charge in [-0.1, -0.05) is 0 Å². The van der Waals surface area contributed by atoms with Gasteiger partial charge in [-0.15, -0.1) is 0 Å². The van der Waals surface area contributed by atoms with Crippen LogP contribution in [0.1, 0.15) is 11.6 Å². The first-order valence-electron chi connectivity index (χ1n) is 2.95. The Morgan fingerprint density at radius 3 is 2.55 bits per heavy atom. The van der Waals surface area contributed by atoms with Crippen molar-refractivity contribution in [2.24, 2.45) is 0 Å². The molecule has 0 bridgehead atoms. The van der Waals surface area contributed by atoms with E-state index in [1.165, 1.54) is 6.20 Å². The van der Waals surface area contributed by atoms with Crippen LogP contribution >= 0.6 is 0 Å². The zero-order chi connectivity index (χ0) is 8.10. The topological polar surface area (TPSA) is 73.4 Å². The molecule has 1 aromatic rings. The maximum Gasteiger partial charge on any atom is 0.176 e. The number of nitrogens with zero attached hydrogens (tertiary/aromatic N) is 4. The van der Waals surface area contributed by atoms with E-state index < -0.39 is 5.92 Å². The third kappa shape index (κ3) is 1.50. The second kappa shape index (κ2) is 3.28. The Kier molecular flexibility index (Phi) is 2.14. The van der Waals surface area contributed by atoms with Crippen molar-refractivity contribution in [3.8, 4) is 12.1 Å². The minimum Gasteiger partial charge on any atom is -0.196 e. The van der Waals surface area contributed by atoms with Gasteiger partial charge in [0.2, 0.25) is 0 Å². The summed E-state index contributed by atoms with van der Waals surface area (Å²) in [6, 6.07) is 6.85. The summed E-state index contributed by atoms with van der Waals surface area (Å²) in [4.78, 5) is 0. The molecule has 0 amide bonds. The number of aromatic nitrogens is 2. The van der Waals surface area contributed by atoms with Crippen LogP contribution < -0.4 is 0 Å². The Balaban J connectivity index is 2.96. The third-order valence-electron chi connectivity index (χ3n) is 1.15. The maximum atomic E-state index is 8.44. The fourth-order valence-corrected chi connectivity index (χ4v) is 0.629. The summed E-state index contributed by atoms with van der Waals surface area (Å²) in [6.45, 7) is 0. The lowest BCUT2D eigenvalue weighted by molar-refractivity contribution is 0.909. The van der Waals surface area contributed by atoms with Crippen LogP contribution in [0.3, 0.4) is 0 Å². The molecule has 0 aliphatic rings. The first-order valence-corrected chi connectivity index (χ1v) is 2.95. The summed E-state index contributed by atoms with van der Waals surface area (Å²) in [5.74, 6) is -0.802. The second-order valence-corrected chi connectivity index (χ2v) is 1.84. The lowest BCUT2D eigenvalue weighted by atomic mass is 10.1. The van der Waals surface area contributed by atoms with Crippen LogP contribution in [0, 0.1) is 22.7 Å². The van der Waals surface area contributed by atoms with Gasteiger partial charge < -0.3 is 0 Å². The van der Waals surface area contributed by atoms with Crippen LogP contribution in [0.25, 0.3) is 0 Å². The molecule has 0 spiro atoms. The summed E-state index contributed by atoms with van der Waals surface area (Å²) in [6.07, 6.45) is 1.50. The van der Waals surface area contributed by atoms with Crippen molar-refractivity contribution in [2.75, 3.05) is 0 Å². The van der Waals surface area contributed by atoms with Crippen molar-refractivity contribution < 1.29 is 0 Å². The molecule has 0 saturated heterocycles. The van der Waals surface area contributed by atoms with Crippen LogP contribution in [0.15, 0.2) is 18.3 Å². The van der Waals surface area contributed by atoms with E-state index in [-0.39, 0.29) is 0 Å². The minimum atomic E-state index is -0.802. The van der Waals surface area contributed by atoms with E-state index >= 15 is 0 Å². The van der Waals surface area contributed by atoms with Crippen LogP contribution in [-0.4, -0.2) is 10.2 Å². The minimum absolute atomic E-state index is 0.400. The van der Waals surface area contributed by atoms with Gasteiger partial charge in [0.15, 0.2) is 5.92 Å². The van der Waals surface area contributed by atoms with E-state index in [0.717, 1.165) is 0 Å². The van der Waals surface area contributed by atoms with Crippen molar-refractivity contribution >= 4 is 0 Å². The van der Waals surface area contributed by atoms with Crippen molar-refractivity contribution in [1.82, 2.24) is 10.2 Å². The molecule has 0 aliphatic heterocycles. The van der Waals surface area contributed by atoms with Crippen LogP contribution in [0.4, 0.5) is 0 Å². The highest BCUT2D eigenvalue weighted by atomic mass is 15.1. The number of hydrogen-bond donors (Lipinski definition) is 0. The molecule has 52 valence electrons. The summed E-state index contributed by atoms with van der Waals surface area (Å²) in [5, 5.41) is 24.1. The maximum absolute atomic E-state index is 8.44. The SMILES string of the molecule is N#CC(C#N)c1cccnn1. The van der Waals surface area contributed by atoms with Gasteiger partial charge in [-0.2, -0.15) is 20.7 Å². The van der Waals surface area contributed by atoms with Crippen molar-refractivity contribution in [3.63, 3.8) is 0 Å². The number of nitriles is 2. The van der Waals surface area contributed by atoms with Crippen molar-refractivity contribution in [3.05, 3.63) is 24.0 Å². The summed E-state index contributed by atoms with van der Waals surface area (Å²) >= 11 is 0. The van der Waals surface area contributed by atoms with Gasteiger partial charge in [0.25, 0.3) is 0 Å². The first kappa shape index (κ1) is 7.17. The van der Waals surface area contributed by atoms with Crippen LogP contribution in [0.2, 0.25) is 0 Å². The molecule has 0 aliphatic carbocycles. The van der Waals surface area contributed by atoms with Gasteiger partial charge in [0, 0.05) is 6.20 Å². The zero-order valence-corrected chi connectivity index (χ0v) is 5.60. The van der Waals surface area contributed by atoms with E-state index in [1.54, 1.807) is 24.3 Å². The predicted molar refractivity (Wildman–Crippen MR) is 36.0 cm³/mol. The molecular weight excluding hydrogens is 140 g/mol. The van der Waals surface area contributed by atoms with E-state index in [0.29, 0.717) is 5.69 Å². The highest BCUT2D eigenvalue weighted by molar-refractivity contribution is 5.23. The van der Waals surface area contributed by atoms with Gasteiger partial charge in [-0.05, 0) is 12.1 Å².